The summed E-state index contributed by atoms with van der Waals surface area (Å²) in [4.78, 5) is 2.53. The lowest BCUT2D eigenvalue weighted by atomic mass is 10.1. The second kappa shape index (κ2) is 6.79. The molecule has 1 aromatic rings. The second-order valence-electron chi connectivity index (χ2n) is 5.42. The lowest BCUT2D eigenvalue weighted by Gasteiger charge is -2.25. The van der Waals surface area contributed by atoms with E-state index < -0.39 is 0 Å². The Hall–Kier alpha value is -1.02. The maximum absolute atomic E-state index is 9.28. The third-order valence-corrected chi connectivity index (χ3v) is 3.76. The first-order chi connectivity index (χ1) is 8.77. The van der Waals surface area contributed by atoms with Crippen LogP contribution in [0.3, 0.4) is 0 Å². The number of hydrogen-bond acceptors (Lipinski definition) is 2. The van der Waals surface area contributed by atoms with Crippen LogP contribution < -0.4 is 4.90 Å². The van der Waals surface area contributed by atoms with E-state index in [2.05, 4.69) is 29.2 Å². The smallest absolute Gasteiger partial charge is 0.0512 e. The van der Waals surface area contributed by atoms with Gasteiger partial charge in [0.05, 0.1) is 6.10 Å². The van der Waals surface area contributed by atoms with E-state index in [1.807, 2.05) is 6.92 Å². The molecule has 1 aromatic carbocycles. The van der Waals surface area contributed by atoms with Crippen LogP contribution in [-0.4, -0.2) is 24.3 Å². The van der Waals surface area contributed by atoms with Crippen molar-refractivity contribution in [2.45, 2.75) is 51.6 Å². The fourth-order valence-corrected chi connectivity index (χ4v) is 2.74. The molecule has 0 aromatic heterocycles. The number of unbranched alkanes of at least 4 members (excludes halogenated alkanes) is 1. The molecule has 0 bridgehead atoms. The Morgan fingerprint density at radius 3 is 2.89 bits per heavy atom. The van der Waals surface area contributed by atoms with Gasteiger partial charge in [-0.25, -0.2) is 0 Å². The Balaban J connectivity index is 1.91. The molecule has 0 saturated heterocycles. The topological polar surface area (TPSA) is 23.5 Å². The Morgan fingerprint density at radius 1 is 1.22 bits per heavy atom. The minimum atomic E-state index is -0.151. The summed E-state index contributed by atoms with van der Waals surface area (Å²) in [5, 5.41) is 9.28. The molecule has 0 saturated carbocycles. The number of aliphatic hydroxyl groups is 1. The van der Waals surface area contributed by atoms with Crippen LogP contribution in [0.5, 0.6) is 0 Å². The van der Waals surface area contributed by atoms with Gasteiger partial charge in [-0.1, -0.05) is 18.2 Å². The Morgan fingerprint density at radius 2 is 2.06 bits per heavy atom. The number of nitrogens with zero attached hydrogens (tertiary/aromatic N) is 1. The molecule has 18 heavy (non-hydrogen) atoms. The maximum Gasteiger partial charge on any atom is 0.0512 e. The number of aryl methyl sites for hydroxylation is 1. The highest BCUT2D eigenvalue weighted by atomic mass is 16.3. The number of fused-ring (bicyclic) bond motifs is 1. The molecule has 1 unspecified atom stereocenters. The van der Waals surface area contributed by atoms with E-state index >= 15 is 0 Å². The number of hydrogen-bond donors (Lipinski definition) is 1. The van der Waals surface area contributed by atoms with Gasteiger partial charge in [-0.2, -0.15) is 0 Å². The van der Waals surface area contributed by atoms with Gasteiger partial charge >= 0.3 is 0 Å². The minimum absolute atomic E-state index is 0.151. The van der Waals surface area contributed by atoms with Crippen LogP contribution >= 0.6 is 0 Å². The Kier molecular flexibility index (Phi) is 5.06. The van der Waals surface area contributed by atoms with Crippen molar-refractivity contribution >= 4 is 5.69 Å². The van der Waals surface area contributed by atoms with Crippen LogP contribution in [0.2, 0.25) is 0 Å². The van der Waals surface area contributed by atoms with Gasteiger partial charge in [-0.3, -0.25) is 0 Å². The van der Waals surface area contributed by atoms with Crippen molar-refractivity contribution in [2.24, 2.45) is 0 Å². The summed E-state index contributed by atoms with van der Waals surface area (Å²) in [6.45, 7) is 4.19. The van der Waals surface area contributed by atoms with Crippen LogP contribution in [-0.2, 0) is 6.42 Å². The zero-order valence-corrected chi connectivity index (χ0v) is 11.4. The lowest BCUT2D eigenvalue weighted by molar-refractivity contribution is 0.181. The number of rotatable bonds is 5. The lowest BCUT2D eigenvalue weighted by Crippen LogP contribution is -2.25. The summed E-state index contributed by atoms with van der Waals surface area (Å²) in [6, 6.07) is 8.82. The molecule has 2 rings (SSSR count). The van der Waals surface area contributed by atoms with E-state index in [0.717, 1.165) is 19.4 Å². The van der Waals surface area contributed by atoms with Crippen molar-refractivity contribution in [2.75, 3.05) is 18.0 Å². The molecular formula is C16H25NO. The predicted molar refractivity (Wildman–Crippen MR) is 77.1 cm³/mol. The van der Waals surface area contributed by atoms with Gasteiger partial charge < -0.3 is 10.0 Å². The van der Waals surface area contributed by atoms with Gasteiger partial charge in [0.25, 0.3) is 0 Å². The summed E-state index contributed by atoms with van der Waals surface area (Å²) in [6.07, 6.45) is 6.90. The highest BCUT2D eigenvalue weighted by Crippen LogP contribution is 2.26. The van der Waals surface area contributed by atoms with E-state index in [1.165, 1.54) is 43.5 Å². The van der Waals surface area contributed by atoms with Gasteiger partial charge in [-0.15, -0.1) is 0 Å². The molecule has 1 N–H and O–H groups in total. The van der Waals surface area contributed by atoms with Crippen molar-refractivity contribution in [1.82, 2.24) is 0 Å². The molecule has 100 valence electrons. The van der Waals surface area contributed by atoms with Gasteiger partial charge in [0.1, 0.15) is 0 Å². The number of aliphatic hydroxyl groups excluding tert-OH is 1. The van der Waals surface area contributed by atoms with Crippen molar-refractivity contribution in [3.8, 4) is 0 Å². The summed E-state index contributed by atoms with van der Waals surface area (Å²) in [7, 11) is 0. The molecule has 0 radical (unpaired) electrons. The van der Waals surface area contributed by atoms with Crippen molar-refractivity contribution in [1.29, 1.82) is 0 Å². The fourth-order valence-electron chi connectivity index (χ4n) is 2.74. The zero-order chi connectivity index (χ0) is 12.8. The third-order valence-electron chi connectivity index (χ3n) is 3.76. The van der Waals surface area contributed by atoms with E-state index in [0.29, 0.717) is 0 Å². The highest BCUT2D eigenvalue weighted by Gasteiger charge is 2.13. The first-order valence-corrected chi connectivity index (χ1v) is 7.28. The van der Waals surface area contributed by atoms with Crippen LogP contribution in [0, 0.1) is 0 Å². The molecule has 0 amide bonds. The van der Waals surface area contributed by atoms with E-state index in [4.69, 9.17) is 0 Å². The molecular weight excluding hydrogens is 222 g/mol. The Bertz CT molecular complexity index is 362. The first kappa shape index (κ1) is 13.4. The molecule has 0 fully saturated rings. The van der Waals surface area contributed by atoms with Gasteiger partial charge in [-0.05, 0) is 57.1 Å². The third kappa shape index (κ3) is 3.74. The number of anilines is 1. The maximum atomic E-state index is 9.28. The SMILES string of the molecule is CC(O)CCCCN1CCCCc2ccccc21. The highest BCUT2D eigenvalue weighted by molar-refractivity contribution is 5.54. The van der Waals surface area contributed by atoms with Crippen molar-refractivity contribution in [3.05, 3.63) is 29.8 Å². The van der Waals surface area contributed by atoms with Gasteiger partial charge in [0, 0.05) is 18.8 Å². The normalized spacial score (nSPS) is 17.1. The molecule has 1 heterocycles. The summed E-state index contributed by atoms with van der Waals surface area (Å²) < 4.78 is 0. The molecule has 1 aliphatic rings. The van der Waals surface area contributed by atoms with Gasteiger partial charge in [0.2, 0.25) is 0 Å². The monoisotopic (exact) mass is 247 g/mol. The zero-order valence-electron chi connectivity index (χ0n) is 11.4. The van der Waals surface area contributed by atoms with E-state index in [9.17, 15) is 5.11 Å². The molecule has 1 aliphatic heterocycles. The largest absolute Gasteiger partial charge is 0.393 e. The van der Waals surface area contributed by atoms with Gasteiger partial charge in [0.15, 0.2) is 0 Å². The average Bonchev–Trinajstić information content (AvgIpc) is 2.57. The molecule has 2 heteroatoms. The predicted octanol–water partition coefficient (Wildman–Crippen LogP) is 3.38. The van der Waals surface area contributed by atoms with Crippen LogP contribution in [0.15, 0.2) is 24.3 Å². The molecule has 0 aliphatic carbocycles. The standard InChI is InChI=1S/C16H25NO/c1-14(18)8-4-6-12-17-13-7-5-10-15-9-2-3-11-16(15)17/h2-3,9,11,14,18H,4-8,10,12-13H2,1H3. The molecule has 0 spiro atoms. The number of benzene rings is 1. The summed E-state index contributed by atoms with van der Waals surface area (Å²) >= 11 is 0. The molecule has 2 nitrogen and oxygen atoms in total. The van der Waals surface area contributed by atoms with Crippen LogP contribution in [0.1, 0.15) is 44.6 Å². The molecule has 1 atom stereocenters. The average molecular weight is 247 g/mol. The number of para-hydroxylation sites is 1. The summed E-state index contributed by atoms with van der Waals surface area (Å²) in [5.74, 6) is 0. The van der Waals surface area contributed by atoms with Crippen LogP contribution in [0.4, 0.5) is 5.69 Å². The van der Waals surface area contributed by atoms with Crippen molar-refractivity contribution < 1.29 is 5.11 Å². The van der Waals surface area contributed by atoms with Crippen LogP contribution in [0.25, 0.3) is 0 Å². The Labute approximate surface area is 111 Å². The second-order valence-corrected chi connectivity index (χ2v) is 5.42. The first-order valence-electron chi connectivity index (χ1n) is 7.28. The minimum Gasteiger partial charge on any atom is -0.393 e. The quantitative estimate of drug-likeness (QED) is 0.806. The fraction of sp³-hybridized carbons (Fsp3) is 0.625. The van der Waals surface area contributed by atoms with Crippen molar-refractivity contribution in [3.63, 3.8) is 0 Å². The summed E-state index contributed by atoms with van der Waals surface area (Å²) in [5.41, 5.74) is 2.94. The van der Waals surface area contributed by atoms with E-state index in [1.54, 1.807) is 0 Å². The van der Waals surface area contributed by atoms with E-state index in [-0.39, 0.29) is 6.10 Å².